The molecule has 0 aromatic carbocycles. The number of aliphatic hydroxyl groups is 1. The fraction of sp³-hybridized carbons (Fsp3) is 0.833. The summed E-state index contributed by atoms with van der Waals surface area (Å²) in [5, 5.41) is 9.41. The van der Waals surface area contributed by atoms with Gasteiger partial charge in [0.05, 0.1) is 5.60 Å². The molecule has 0 aliphatic rings. The Balaban J connectivity index is 3.22. The lowest BCUT2D eigenvalue weighted by Gasteiger charge is -2.13. The highest BCUT2D eigenvalue weighted by atomic mass is 16.3. The average molecular weight is 184 g/mol. The van der Waals surface area contributed by atoms with Crippen molar-refractivity contribution >= 4 is 0 Å². The summed E-state index contributed by atoms with van der Waals surface area (Å²) in [6, 6.07) is 0. The second kappa shape index (κ2) is 7.14. The smallest absolute Gasteiger partial charge is 0.0626 e. The third kappa shape index (κ3) is 11.7. The Morgan fingerprint density at radius 2 is 1.77 bits per heavy atom. The lowest BCUT2D eigenvalue weighted by Crippen LogP contribution is -2.16. The standard InChI is InChI=1S/C12H24O/c1-4-5-6-7-8-9-10-11-12(2,3)13/h9-10,13H,4-8,11H2,1-3H3. The molecule has 1 N–H and O–H groups in total. The minimum Gasteiger partial charge on any atom is -0.390 e. The van der Waals surface area contributed by atoms with Gasteiger partial charge in [0, 0.05) is 0 Å². The summed E-state index contributed by atoms with van der Waals surface area (Å²) in [5.74, 6) is 0. The predicted octanol–water partition coefficient (Wildman–Crippen LogP) is 3.67. The Morgan fingerprint density at radius 3 is 2.31 bits per heavy atom. The van der Waals surface area contributed by atoms with Crippen LogP contribution < -0.4 is 0 Å². The van der Waals surface area contributed by atoms with Gasteiger partial charge >= 0.3 is 0 Å². The summed E-state index contributed by atoms with van der Waals surface area (Å²) < 4.78 is 0. The van der Waals surface area contributed by atoms with E-state index < -0.39 is 5.60 Å². The SMILES string of the molecule is CCCCCCC=CCC(C)(C)O. The van der Waals surface area contributed by atoms with Gasteiger partial charge in [0.2, 0.25) is 0 Å². The third-order valence-corrected chi connectivity index (χ3v) is 2.01. The first kappa shape index (κ1) is 12.7. The zero-order valence-electron chi connectivity index (χ0n) is 9.34. The number of rotatable bonds is 7. The molecule has 13 heavy (non-hydrogen) atoms. The Morgan fingerprint density at radius 1 is 1.08 bits per heavy atom. The van der Waals surface area contributed by atoms with Gasteiger partial charge in [-0.1, -0.05) is 38.3 Å². The summed E-state index contributed by atoms with van der Waals surface area (Å²) in [6.45, 7) is 5.91. The van der Waals surface area contributed by atoms with Crippen molar-refractivity contribution in [3.63, 3.8) is 0 Å². The Hall–Kier alpha value is -0.300. The molecular formula is C12H24O. The van der Waals surface area contributed by atoms with E-state index in [2.05, 4.69) is 19.1 Å². The molecule has 0 atom stereocenters. The topological polar surface area (TPSA) is 20.2 Å². The van der Waals surface area contributed by atoms with Crippen LogP contribution in [0.15, 0.2) is 12.2 Å². The van der Waals surface area contributed by atoms with E-state index in [1.54, 1.807) is 0 Å². The third-order valence-electron chi connectivity index (χ3n) is 2.01. The van der Waals surface area contributed by atoms with Gasteiger partial charge in [0.1, 0.15) is 0 Å². The van der Waals surface area contributed by atoms with Gasteiger partial charge in [0.25, 0.3) is 0 Å². The second-order valence-corrected chi connectivity index (χ2v) is 4.34. The Labute approximate surface area is 82.9 Å². The summed E-state index contributed by atoms with van der Waals surface area (Å²) in [5.41, 5.74) is -0.542. The van der Waals surface area contributed by atoms with Crippen molar-refractivity contribution in [1.29, 1.82) is 0 Å². The molecule has 1 heteroatoms. The molecule has 0 unspecified atom stereocenters. The Kier molecular flexibility index (Phi) is 6.97. The molecule has 0 radical (unpaired) electrons. The normalized spacial score (nSPS) is 12.6. The monoisotopic (exact) mass is 184 g/mol. The summed E-state index contributed by atoms with van der Waals surface area (Å²) in [4.78, 5) is 0. The highest BCUT2D eigenvalue weighted by Gasteiger charge is 2.08. The van der Waals surface area contributed by atoms with Crippen LogP contribution in [0.1, 0.15) is 59.3 Å². The zero-order valence-corrected chi connectivity index (χ0v) is 9.34. The van der Waals surface area contributed by atoms with Crippen LogP contribution in [-0.2, 0) is 0 Å². The van der Waals surface area contributed by atoms with Crippen LogP contribution in [0.3, 0.4) is 0 Å². The van der Waals surface area contributed by atoms with Crippen LogP contribution >= 0.6 is 0 Å². The van der Waals surface area contributed by atoms with Crippen molar-refractivity contribution < 1.29 is 5.11 Å². The highest BCUT2D eigenvalue weighted by molar-refractivity contribution is 4.87. The average Bonchev–Trinajstić information content (AvgIpc) is 2.01. The highest BCUT2D eigenvalue weighted by Crippen LogP contribution is 2.09. The number of unbranched alkanes of at least 4 members (excludes halogenated alkanes) is 4. The van der Waals surface area contributed by atoms with E-state index in [0.29, 0.717) is 0 Å². The van der Waals surface area contributed by atoms with E-state index in [-0.39, 0.29) is 0 Å². The zero-order chi connectivity index (χ0) is 10.2. The van der Waals surface area contributed by atoms with Crippen molar-refractivity contribution in [2.24, 2.45) is 0 Å². The molecule has 1 nitrogen and oxygen atoms in total. The van der Waals surface area contributed by atoms with Crippen LogP contribution in [-0.4, -0.2) is 10.7 Å². The molecule has 0 saturated heterocycles. The molecule has 0 rings (SSSR count). The predicted molar refractivity (Wildman–Crippen MR) is 58.8 cm³/mol. The van der Waals surface area contributed by atoms with E-state index >= 15 is 0 Å². The van der Waals surface area contributed by atoms with Crippen LogP contribution in [0.5, 0.6) is 0 Å². The molecular weight excluding hydrogens is 160 g/mol. The molecule has 0 aromatic rings. The van der Waals surface area contributed by atoms with E-state index in [9.17, 15) is 5.11 Å². The minimum absolute atomic E-state index is 0.542. The molecule has 0 aliphatic carbocycles. The second-order valence-electron chi connectivity index (χ2n) is 4.34. The quantitative estimate of drug-likeness (QED) is 0.473. The fourth-order valence-corrected chi connectivity index (χ4v) is 1.18. The van der Waals surface area contributed by atoms with Gasteiger partial charge in [-0.2, -0.15) is 0 Å². The maximum atomic E-state index is 9.41. The van der Waals surface area contributed by atoms with Gasteiger partial charge in [-0.25, -0.2) is 0 Å². The molecule has 0 aromatic heterocycles. The first-order valence-corrected chi connectivity index (χ1v) is 5.43. The first-order valence-electron chi connectivity index (χ1n) is 5.43. The van der Waals surface area contributed by atoms with Crippen molar-refractivity contribution in [3.8, 4) is 0 Å². The van der Waals surface area contributed by atoms with Crippen molar-refractivity contribution in [2.45, 2.75) is 64.9 Å². The fourth-order valence-electron chi connectivity index (χ4n) is 1.18. The summed E-state index contributed by atoms with van der Waals surface area (Å²) >= 11 is 0. The first-order chi connectivity index (χ1) is 6.06. The minimum atomic E-state index is -0.542. The lowest BCUT2D eigenvalue weighted by molar-refractivity contribution is 0.0838. The van der Waals surface area contributed by atoms with Crippen LogP contribution in [0, 0.1) is 0 Å². The van der Waals surface area contributed by atoms with Crippen molar-refractivity contribution in [1.82, 2.24) is 0 Å². The van der Waals surface area contributed by atoms with Gasteiger partial charge in [0.15, 0.2) is 0 Å². The summed E-state index contributed by atoms with van der Waals surface area (Å²) in [7, 11) is 0. The Bertz CT molecular complexity index is 131. The molecule has 0 saturated carbocycles. The van der Waals surface area contributed by atoms with E-state index in [4.69, 9.17) is 0 Å². The van der Waals surface area contributed by atoms with E-state index in [1.165, 1.54) is 25.7 Å². The molecule has 0 heterocycles. The molecule has 78 valence electrons. The maximum absolute atomic E-state index is 9.41. The molecule has 0 aliphatic heterocycles. The van der Waals surface area contributed by atoms with Crippen LogP contribution in [0.2, 0.25) is 0 Å². The van der Waals surface area contributed by atoms with E-state index in [1.807, 2.05) is 13.8 Å². The van der Waals surface area contributed by atoms with Crippen LogP contribution in [0.25, 0.3) is 0 Å². The number of hydrogen-bond acceptors (Lipinski definition) is 1. The maximum Gasteiger partial charge on any atom is 0.0626 e. The molecule has 0 bridgehead atoms. The molecule has 0 fully saturated rings. The summed E-state index contributed by atoms with van der Waals surface area (Å²) in [6.07, 6.45) is 11.5. The number of hydrogen-bond donors (Lipinski definition) is 1. The largest absolute Gasteiger partial charge is 0.390 e. The van der Waals surface area contributed by atoms with E-state index in [0.717, 1.165) is 12.8 Å². The van der Waals surface area contributed by atoms with Crippen molar-refractivity contribution in [3.05, 3.63) is 12.2 Å². The van der Waals surface area contributed by atoms with Gasteiger partial charge in [-0.15, -0.1) is 0 Å². The van der Waals surface area contributed by atoms with Gasteiger partial charge < -0.3 is 5.11 Å². The van der Waals surface area contributed by atoms with Crippen molar-refractivity contribution in [2.75, 3.05) is 0 Å². The van der Waals surface area contributed by atoms with Gasteiger partial charge in [-0.3, -0.25) is 0 Å². The number of allylic oxidation sites excluding steroid dienone is 1. The van der Waals surface area contributed by atoms with Gasteiger partial charge in [-0.05, 0) is 33.1 Å². The van der Waals surface area contributed by atoms with Crippen LogP contribution in [0.4, 0.5) is 0 Å². The molecule has 0 spiro atoms. The lowest BCUT2D eigenvalue weighted by atomic mass is 10.0. The molecule has 0 amide bonds.